The SMILES string of the molecule is CC(CCn1cncn1)NC(C)C(O)c1ccc(F)cc1. The molecule has 0 saturated carbocycles. The number of halogens is 1. The van der Waals surface area contributed by atoms with E-state index in [9.17, 15) is 9.50 Å². The zero-order chi connectivity index (χ0) is 15.2. The van der Waals surface area contributed by atoms with Crippen molar-refractivity contribution < 1.29 is 9.50 Å². The molecule has 0 fully saturated rings. The van der Waals surface area contributed by atoms with Gasteiger partial charge in [0.2, 0.25) is 0 Å². The Morgan fingerprint density at radius 2 is 2.00 bits per heavy atom. The predicted octanol–water partition coefficient (Wildman–Crippen LogP) is 1.91. The van der Waals surface area contributed by atoms with Gasteiger partial charge < -0.3 is 10.4 Å². The van der Waals surface area contributed by atoms with Gasteiger partial charge in [0.05, 0.1) is 6.10 Å². The Kier molecular flexibility index (Phi) is 5.41. The molecule has 0 spiro atoms. The molecule has 2 N–H and O–H groups in total. The first kappa shape index (κ1) is 15.6. The number of aliphatic hydroxyl groups excluding tert-OH is 1. The van der Waals surface area contributed by atoms with Crippen molar-refractivity contribution in [1.29, 1.82) is 0 Å². The van der Waals surface area contributed by atoms with Gasteiger partial charge in [0.15, 0.2) is 0 Å². The molecule has 0 radical (unpaired) electrons. The van der Waals surface area contributed by atoms with Gasteiger partial charge in [-0.2, -0.15) is 5.10 Å². The smallest absolute Gasteiger partial charge is 0.137 e. The largest absolute Gasteiger partial charge is 0.387 e. The molecule has 114 valence electrons. The number of benzene rings is 1. The van der Waals surface area contributed by atoms with Crippen LogP contribution in [0.4, 0.5) is 4.39 Å². The summed E-state index contributed by atoms with van der Waals surface area (Å²) in [5, 5.41) is 17.7. The predicted molar refractivity (Wildman–Crippen MR) is 78.1 cm³/mol. The first-order valence-electron chi connectivity index (χ1n) is 7.08. The molecule has 6 heteroatoms. The number of aliphatic hydroxyl groups is 1. The molecular weight excluding hydrogens is 271 g/mol. The highest BCUT2D eigenvalue weighted by Crippen LogP contribution is 2.17. The van der Waals surface area contributed by atoms with E-state index in [-0.39, 0.29) is 17.9 Å². The lowest BCUT2D eigenvalue weighted by Gasteiger charge is -2.24. The number of aryl methyl sites for hydroxylation is 1. The molecule has 0 bridgehead atoms. The minimum Gasteiger partial charge on any atom is -0.387 e. The molecule has 2 rings (SSSR count). The summed E-state index contributed by atoms with van der Waals surface area (Å²) in [6.45, 7) is 4.75. The van der Waals surface area contributed by atoms with Crippen LogP contribution in [-0.2, 0) is 6.54 Å². The summed E-state index contributed by atoms with van der Waals surface area (Å²) in [4.78, 5) is 3.90. The Labute approximate surface area is 123 Å². The van der Waals surface area contributed by atoms with Crippen LogP contribution >= 0.6 is 0 Å². The standard InChI is InChI=1S/C15H21FN4O/c1-11(7-8-20-10-17-9-18-20)19-12(2)15(21)13-3-5-14(16)6-4-13/h3-6,9-12,15,19,21H,7-8H2,1-2H3. The first-order valence-corrected chi connectivity index (χ1v) is 7.08. The van der Waals surface area contributed by atoms with Crippen molar-refractivity contribution >= 4 is 0 Å². The van der Waals surface area contributed by atoms with Crippen molar-refractivity contribution in [3.63, 3.8) is 0 Å². The van der Waals surface area contributed by atoms with Crippen molar-refractivity contribution in [2.24, 2.45) is 0 Å². The van der Waals surface area contributed by atoms with Crippen LogP contribution in [-0.4, -0.2) is 32.0 Å². The zero-order valence-corrected chi connectivity index (χ0v) is 12.3. The number of hydrogen-bond acceptors (Lipinski definition) is 4. The lowest BCUT2D eigenvalue weighted by molar-refractivity contribution is 0.129. The van der Waals surface area contributed by atoms with Gasteiger partial charge in [-0.05, 0) is 38.0 Å². The minimum atomic E-state index is -0.667. The van der Waals surface area contributed by atoms with E-state index in [0.717, 1.165) is 13.0 Å². The molecule has 1 heterocycles. The monoisotopic (exact) mass is 292 g/mol. The summed E-state index contributed by atoms with van der Waals surface area (Å²) >= 11 is 0. The summed E-state index contributed by atoms with van der Waals surface area (Å²) in [5.74, 6) is -0.298. The van der Waals surface area contributed by atoms with Gasteiger partial charge in [-0.15, -0.1) is 0 Å². The number of nitrogens with one attached hydrogen (secondary N) is 1. The summed E-state index contributed by atoms with van der Waals surface area (Å²) in [5.41, 5.74) is 0.708. The summed E-state index contributed by atoms with van der Waals surface area (Å²) in [6, 6.07) is 6.04. The van der Waals surface area contributed by atoms with E-state index in [2.05, 4.69) is 22.3 Å². The van der Waals surface area contributed by atoms with E-state index in [0.29, 0.717) is 5.56 Å². The molecule has 0 aliphatic carbocycles. The summed E-state index contributed by atoms with van der Waals surface area (Å²) in [7, 11) is 0. The average Bonchev–Trinajstić information content (AvgIpc) is 2.98. The van der Waals surface area contributed by atoms with Crippen LogP contribution in [0.3, 0.4) is 0 Å². The topological polar surface area (TPSA) is 63.0 Å². The second-order valence-corrected chi connectivity index (χ2v) is 5.30. The molecule has 0 saturated heterocycles. The summed E-state index contributed by atoms with van der Waals surface area (Å²) in [6.07, 6.45) is 3.41. The minimum absolute atomic E-state index is 0.124. The second-order valence-electron chi connectivity index (χ2n) is 5.30. The van der Waals surface area contributed by atoms with E-state index < -0.39 is 6.10 Å². The molecule has 21 heavy (non-hydrogen) atoms. The van der Waals surface area contributed by atoms with Crippen LogP contribution in [0.1, 0.15) is 31.9 Å². The maximum Gasteiger partial charge on any atom is 0.137 e. The van der Waals surface area contributed by atoms with Crippen molar-refractivity contribution in [1.82, 2.24) is 20.1 Å². The van der Waals surface area contributed by atoms with E-state index in [1.54, 1.807) is 23.1 Å². The Bertz CT molecular complexity index is 529. The Morgan fingerprint density at radius 1 is 1.29 bits per heavy atom. The zero-order valence-electron chi connectivity index (χ0n) is 12.3. The fourth-order valence-electron chi connectivity index (χ4n) is 2.25. The number of nitrogens with zero attached hydrogens (tertiary/aromatic N) is 3. The number of aromatic nitrogens is 3. The third kappa shape index (κ3) is 4.61. The number of rotatable bonds is 7. The molecular formula is C15H21FN4O. The lowest BCUT2D eigenvalue weighted by Crippen LogP contribution is -2.39. The second kappa shape index (κ2) is 7.28. The molecule has 0 amide bonds. The van der Waals surface area contributed by atoms with E-state index in [1.807, 2.05) is 6.92 Å². The van der Waals surface area contributed by atoms with Crippen LogP contribution in [0.15, 0.2) is 36.9 Å². The molecule has 2 aromatic rings. The number of hydrogen-bond donors (Lipinski definition) is 2. The first-order chi connectivity index (χ1) is 10.1. The van der Waals surface area contributed by atoms with E-state index >= 15 is 0 Å². The van der Waals surface area contributed by atoms with Gasteiger partial charge in [-0.3, -0.25) is 4.68 Å². The van der Waals surface area contributed by atoms with Gasteiger partial charge >= 0.3 is 0 Å². The fourth-order valence-corrected chi connectivity index (χ4v) is 2.25. The quantitative estimate of drug-likeness (QED) is 0.818. The Hall–Kier alpha value is -1.79. The van der Waals surface area contributed by atoms with Crippen molar-refractivity contribution in [2.75, 3.05) is 0 Å². The van der Waals surface area contributed by atoms with Crippen LogP contribution < -0.4 is 5.32 Å². The van der Waals surface area contributed by atoms with Crippen molar-refractivity contribution in [2.45, 2.75) is 45.0 Å². The highest BCUT2D eigenvalue weighted by Gasteiger charge is 2.18. The maximum absolute atomic E-state index is 12.9. The average molecular weight is 292 g/mol. The van der Waals surface area contributed by atoms with Gasteiger partial charge in [-0.25, -0.2) is 9.37 Å². The molecule has 5 nitrogen and oxygen atoms in total. The van der Waals surface area contributed by atoms with Crippen molar-refractivity contribution in [3.8, 4) is 0 Å². The molecule has 0 aliphatic rings. The van der Waals surface area contributed by atoms with Crippen LogP contribution in [0.2, 0.25) is 0 Å². The fraction of sp³-hybridized carbons (Fsp3) is 0.467. The molecule has 1 aromatic carbocycles. The third-order valence-electron chi connectivity index (χ3n) is 3.49. The van der Waals surface area contributed by atoms with Crippen LogP contribution in [0, 0.1) is 5.82 Å². The van der Waals surface area contributed by atoms with Crippen LogP contribution in [0.25, 0.3) is 0 Å². The maximum atomic E-state index is 12.9. The van der Waals surface area contributed by atoms with Gasteiger partial charge in [0.1, 0.15) is 18.5 Å². The van der Waals surface area contributed by atoms with E-state index in [1.165, 1.54) is 18.5 Å². The van der Waals surface area contributed by atoms with Gasteiger partial charge in [0.25, 0.3) is 0 Å². The summed E-state index contributed by atoms with van der Waals surface area (Å²) < 4.78 is 14.7. The molecule has 1 aromatic heterocycles. The molecule has 3 atom stereocenters. The highest BCUT2D eigenvalue weighted by atomic mass is 19.1. The Balaban J connectivity index is 1.82. The van der Waals surface area contributed by atoms with Gasteiger partial charge in [0, 0.05) is 18.6 Å². The third-order valence-corrected chi connectivity index (χ3v) is 3.49. The van der Waals surface area contributed by atoms with Crippen LogP contribution in [0.5, 0.6) is 0 Å². The van der Waals surface area contributed by atoms with Crippen molar-refractivity contribution in [3.05, 3.63) is 48.3 Å². The molecule has 3 unspecified atom stereocenters. The van der Waals surface area contributed by atoms with E-state index in [4.69, 9.17) is 0 Å². The van der Waals surface area contributed by atoms with Gasteiger partial charge in [-0.1, -0.05) is 12.1 Å². The normalized spacial score (nSPS) is 15.6. The molecule has 0 aliphatic heterocycles. The highest BCUT2D eigenvalue weighted by molar-refractivity contribution is 5.19. The lowest BCUT2D eigenvalue weighted by atomic mass is 10.0. The Morgan fingerprint density at radius 3 is 2.62 bits per heavy atom.